The number of nitrogens with one attached hydrogen (secondary N) is 1. The molecule has 2 heterocycles. The second kappa shape index (κ2) is 7.20. The Labute approximate surface area is 158 Å². The van der Waals surface area contributed by atoms with Crippen molar-refractivity contribution < 1.29 is 18.4 Å². The van der Waals surface area contributed by atoms with Gasteiger partial charge in [0.15, 0.2) is 5.82 Å². The third-order valence-corrected chi connectivity index (χ3v) is 4.19. The molecule has 0 saturated heterocycles. The molecule has 136 valence electrons. The molecule has 6 nitrogen and oxygen atoms in total. The Hall–Kier alpha value is -3.19. The van der Waals surface area contributed by atoms with Gasteiger partial charge in [0.1, 0.15) is 18.2 Å². The number of carbonyl (C=O) groups excluding carboxylic acids is 1. The molecule has 0 fully saturated rings. The Morgan fingerprint density at radius 2 is 2.11 bits per heavy atom. The summed E-state index contributed by atoms with van der Waals surface area (Å²) in [6, 6.07) is 11.3. The van der Waals surface area contributed by atoms with Gasteiger partial charge in [0.2, 0.25) is 0 Å². The molecule has 2 aromatic carbocycles. The summed E-state index contributed by atoms with van der Waals surface area (Å²) in [5.74, 6) is 0.184. The standard InChI is InChI=1S/C19H13ClFN3O3/c20-13-5-6-16-11(8-13)7-12(10-26-16)18(25)22-9-17-23-19(27-24-17)14-3-1-2-4-15(14)21/h1-8H,9-10H2,(H,22,25). The molecule has 1 N–H and O–H groups in total. The monoisotopic (exact) mass is 385 g/mol. The Kier molecular flexibility index (Phi) is 4.60. The van der Waals surface area contributed by atoms with E-state index in [-0.39, 0.29) is 36.3 Å². The summed E-state index contributed by atoms with van der Waals surface area (Å²) in [6.07, 6.45) is 1.72. The number of aromatic nitrogens is 2. The fraction of sp³-hybridized carbons (Fsp3) is 0.105. The number of nitrogens with zero attached hydrogens (tertiary/aromatic N) is 2. The van der Waals surface area contributed by atoms with E-state index in [0.717, 1.165) is 5.56 Å². The van der Waals surface area contributed by atoms with Crippen LogP contribution in [0.5, 0.6) is 5.75 Å². The lowest BCUT2D eigenvalue weighted by atomic mass is 10.1. The van der Waals surface area contributed by atoms with Crippen LogP contribution in [0.2, 0.25) is 5.02 Å². The van der Waals surface area contributed by atoms with E-state index < -0.39 is 5.82 Å². The zero-order valence-corrected chi connectivity index (χ0v) is 14.7. The van der Waals surface area contributed by atoms with Gasteiger partial charge >= 0.3 is 0 Å². The predicted molar refractivity (Wildman–Crippen MR) is 96.5 cm³/mol. The molecule has 1 aliphatic rings. The highest BCUT2D eigenvalue weighted by atomic mass is 35.5. The molecule has 27 heavy (non-hydrogen) atoms. The maximum Gasteiger partial charge on any atom is 0.260 e. The first-order chi connectivity index (χ1) is 13.1. The van der Waals surface area contributed by atoms with Crippen molar-refractivity contribution in [1.29, 1.82) is 0 Å². The van der Waals surface area contributed by atoms with Crippen LogP contribution >= 0.6 is 11.6 Å². The van der Waals surface area contributed by atoms with Crippen molar-refractivity contribution in [2.45, 2.75) is 6.54 Å². The van der Waals surface area contributed by atoms with E-state index in [9.17, 15) is 9.18 Å². The summed E-state index contributed by atoms with van der Waals surface area (Å²) in [5, 5.41) is 7.02. The molecule has 0 aliphatic carbocycles. The van der Waals surface area contributed by atoms with E-state index in [2.05, 4.69) is 15.5 Å². The van der Waals surface area contributed by atoms with Gasteiger partial charge in [-0.3, -0.25) is 4.79 Å². The maximum absolute atomic E-state index is 13.8. The summed E-state index contributed by atoms with van der Waals surface area (Å²) in [7, 11) is 0. The van der Waals surface area contributed by atoms with Gasteiger partial charge in [-0.1, -0.05) is 28.9 Å². The fourth-order valence-corrected chi connectivity index (χ4v) is 2.80. The van der Waals surface area contributed by atoms with Crippen LogP contribution in [0.4, 0.5) is 4.39 Å². The number of rotatable bonds is 4. The van der Waals surface area contributed by atoms with Crippen LogP contribution in [0.25, 0.3) is 17.5 Å². The van der Waals surface area contributed by atoms with E-state index in [1.165, 1.54) is 12.1 Å². The van der Waals surface area contributed by atoms with E-state index in [0.29, 0.717) is 16.3 Å². The summed E-state index contributed by atoms with van der Waals surface area (Å²) in [4.78, 5) is 16.5. The Bertz CT molecular complexity index is 1050. The van der Waals surface area contributed by atoms with E-state index in [1.54, 1.807) is 36.4 Å². The second-order valence-electron chi connectivity index (χ2n) is 5.82. The van der Waals surface area contributed by atoms with Gasteiger partial charge in [0, 0.05) is 10.6 Å². The highest BCUT2D eigenvalue weighted by Crippen LogP contribution is 2.29. The first-order valence-corrected chi connectivity index (χ1v) is 8.46. The number of amides is 1. The highest BCUT2D eigenvalue weighted by molar-refractivity contribution is 6.30. The summed E-state index contributed by atoms with van der Waals surface area (Å²) in [5.41, 5.74) is 1.39. The number of halogens is 2. The van der Waals surface area contributed by atoms with Crippen molar-refractivity contribution in [2.75, 3.05) is 6.61 Å². The van der Waals surface area contributed by atoms with E-state index >= 15 is 0 Å². The predicted octanol–water partition coefficient (Wildman–Crippen LogP) is 3.62. The zero-order valence-electron chi connectivity index (χ0n) is 13.9. The number of hydrogen-bond donors (Lipinski definition) is 1. The largest absolute Gasteiger partial charge is 0.488 e. The molecular formula is C19H13ClFN3O3. The van der Waals surface area contributed by atoms with Crippen LogP contribution in [-0.4, -0.2) is 22.7 Å². The fourth-order valence-electron chi connectivity index (χ4n) is 2.62. The van der Waals surface area contributed by atoms with Crippen LogP contribution in [0.3, 0.4) is 0 Å². The molecule has 0 radical (unpaired) electrons. The Balaban J connectivity index is 1.44. The first-order valence-electron chi connectivity index (χ1n) is 8.09. The first kappa shape index (κ1) is 17.2. The lowest BCUT2D eigenvalue weighted by Gasteiger charge is -2.17. The average Bonchev–Trinajstić information content (AvgIpc) is 3.14. The molecule has 0 spiro atoms. The second-order valence-corrected chi connectivity index (χ2v) is 6.26. The number of hydrogen-bond acceptors (Lipinski definition) is 5. The van der Waals surface area contributed by atoms with Crippen LogP contribution in [0.15, 0.2) is 52.6 Å². The van der Waals surface area contributed by atoms with Gasteiger partial charge in [0.25, 0.3) is 11.8 Å². The van der Waals surface area contributed by atoms with Crippen LogP contribution in [0, 0.1) is 5.82 Å². The van der Waals surface area contributed by atoms with Crippen molar-refractivity contribution in [3.63, 3.8) is 0 Å². The minimum atomic E-state index is -0.460. The van der Waals surface area contributed by atoms with Crippen molar-refractivity contribution >= 4 is 23.6 Å². The SMILES string of the molecule is O=C(NCc1noc(-c2ccccc2F)n1)C1=Cc2cc(Cl)ccc2OC1. The molecule has 0 unspecified atom stereocenters. The Morgan fingerprint density at radius 3 is 2.96 bits per heavy atom. The van der Waals surface area contributed by atoms with Crippen molar-refractivity contribution in [2.24, 2.45) is 0 Å². The van der Waals surface area contributed by atoms with Gasteiger partial charge in [-0.05, 0) is 36.4 Å². The molecule has 1 aromatic heterocycles. The van der Waals surface area contributed by atoms with Gasteiger partial charge < -0.3 is 14.6 Å². The molecule has 0 bridgehead atoms. The number of benzene rings is 2. The Morgan fingerprint density at radius 1 is 1.26 bits per heavy atom. The maximum atomic E-state index is 13.8. The van der Waals surface area contributed by atoms with Crippen molar-refractivity contribution in [3.05, 3.63) is 70.3 Å². The van der Waals surface area contributed by atoms with Crippen LogP contribution < -0.4 is 10.1 Å². The van der Waals surface area contributed by atoms with E-state index in [4.69, 9.17) is 20.9 Å². The van der Waals surface area contributed by atoms with E-state index in [1.807, 2.05) is 0 Å². The van der Waals surface area contributed by atoms with Crippen molar-refractivity contribution in [1.82, 2.24) is 15.5 Å². The molecule has 0 saturated carbocycles. The molecule has 0 atom stereocenters. The summed E-state index contributed by atoms with van der Waals surface area (Å²) < 4.78 is 24.4. The van der Waals surface area contributed by atoms with Crippen LogP contribution in [0.1, 0.15) is 11.4 Å². The number of ether oxygens (including phenoxy) is 1. The zero-order chi connectivity index (χ0) is 18.8. The smallest absolute Gasteiger partial charge is 0.260 e. The van der Waals surface area contributed by atoms with Crippen molar-refractivity contribution in [3.8, 4) is 17.2 Å². The number of carbonyl (C=O) groups is 1. The van der Waals surface area contributed by atoms with Gasteiger partial charge in [-0.25, -0.2) is 4.39 Å². The minimum Gasteiger partial charge on any atom is -0.488 e. The molecule has 1 aliphatic heterocycles. The molecule has 1 amide bonds. The minimum absolute atomic E-state index is 0.0382. The molecule has 8 heteroatoms. The number of fused-ring (bicyclic) bond motifs is 1. The molecule has 4 rings (SSSR count). The summed E-state index contributed by atoms with van der Waals surface area (Å²) in [6.45, 7) is 0.184. The summed E-state index contributed by atoms with van der Waals surface area (Å²) >= 11 is 5.97. The van der Waals surface area contributed by atoms with Gasteiger partial charge in [0.05, 0.1) is 17.7 Å². The lowest BCUT2D eigenvalue weighted by molar-refractivity contribution is -0.118. The normalized spacial score (nSPS) is 12.7. The van der Waals surface area contributed by atoms with Gasteiger partial charge in [-0.15, -0.1) is 0 Å². The van der Waals surface area contributed by atoms with Crippen LogP contribution in [-0.2, 0) is 11.3 Å². The molecular weight excluding hydrogens is 373 g/mol. The highest BCUT2D eigenvalue weighted by Gasteiger charge is 2.18. The third-order valence-electron chi connectivity index (χ3n) is 3.96. The molecule has 3 aromatic rings. The average molecular weight is 386 g/mol. The topological polar surface area (TPSA) is 77.3 Å². The third kappa shape index (κ3) is 3.68. The van der Waals surface area contributed by atoms with Gasteiger partial charge in [-0.2, -0.15) is 4.98 Å². The lowest BCUT2D eigenvalue weighted by Crippen LogP contribution is -2.28. The quantitative estimate of drug-likeness (QED) is 0.742.